The zero-order valence-electron chi connectivity index (χ0n) is 12.0. The van der Waals surface area contributed by atoms with Gasteiger partial charge in [-0.1, -0.05) is 61.0 Å². The summed E-state index contributed by atoms with van der Waals surface area (Å²) in [5.74, 6) is -1.25. The van der Waals surface area contributed by atoms with Crippen LogP contribution in [-0.4, -0.2) is 11.1 Å². The molecule has 20 heavy (non-hydrogen) atoms. The summed E-state index contributed by atoms with van der Waals surface area (Å²) in [7, 11) is 0. The number of hydrogen-bond acceptors (Lipinski definition) is 1. The normalized spacial score (nSPS) is 12.1. The SMILES string of the molecule is CCc1ccc(CC(C(=O)O)c2cccc(C)c2)cc1. The van der Waals surface area contributed by atoms with Crippen LogP contribution in [0, 0.1) is 6.92 Å². The Balaban J connectivity index is 2.23. The fourth-order valence-corrected chi connectivity index (χ4v) is 2.38. The zero-order chi connectivity index (χ0) is 14.5. The van der Waals surface area contributed by atoms with E-state index in [1.807, 2.05) is 43.3 Å². The maximum Gasteiger partial charge on any atom is 0.311 e. The standard InChI is InChI=1S/C18H20O2/c1-3-14-7-9-15(10-8-14)12-17(18(19)20)16-6-4-5-13(2)11-16/h4-11,17H,3,12H2,1-2H3,(H,19,20). The first kappa shape index (κ1) is 14.3. The van der Waals surface area contributed by atoms with Crippen LogP contribution in [-0.2, 0) is 17.6 Å². The molecule has 0 aliphatic carbocycles. The van der Waals surface area contributed by atoms with Gasteiger partial charge in [-0.05, 0) is 36.5 Å². The second-order valence-corrected chi connectivity index (χ2v) is 5.18. The molecule has 0 radical (unpaired) electrons. The lowest BCUT2D eigenvalue weighted by Crippen LogP contribution is -2.14. The van der Waals surface area contributed by atoms with Crippen molar-refractivity contribution in [2.45, 2.75) is 32.6 Å². The van der Waals surface area contributed by atoms with Gasteiger partial charge in [-0.3, -0.25) is 4.79 Å². The van der Waals surface area contributed by atoms with Crippen LogP contribution in [0.25, 0.3) is 0 Å². The Morgan fingerprint density at radius 3 is 2.30 bits per heavy atom. The molecule has 0 aromatic heterocycles. The molecule has 0 fully saturated rings. The molecule has 0 bridgehead atoms. The second kappa shape index (κ2) is 6.38. The number of carboxylic acids is 1. The molecule has 0 aliphatic heterocycles. The molecule has 0 heterocycles. The highest BCUT2D eigenvalue weighted by Gasteiger charge is 2.20. The van der Waals surface area contributed by atoms with E-state index < -0.39 is 11.9 Å². The number of aryl methyl sites for hydroxylation is 2. The summed E-state index contributed by atoms with van der Waals surface area (Å²) in [4.78, 5) is 11.5. The fourth-order valence-electron chi connectivity index (χ4n) is 2.38. The van der Waals surface area contributed by atoms with Crippen LogP contribution in [0.2, 0.25) is 0 Å². The van der Waals surface area contributed by atoms with Crippen molar-refractivity contribution in [3.63, 3.8) is 0 Å². The van der Waals surface area contributed by atoms with E-state index >= 15 is 0 Å². The van der Waals surface area contributed by atoms with E-state index in [9.17, 15) is 9.90 Å². The van der Waals surface area contributed by atoms with Gasteiger partial charge in [0, 0.05) is 0 Å². The Bertz CT molecular complexity index is 585. The van der Waals surface area contributed by atoms with Crippen LogP contribution in [0.1, 0.15) is 35.1 Å². The lowest BCUT2D eigenvalue weighted by molar-refractivity contribution is -0.138. The van der Waals surface area contributed by atoms with Crippen LogP contribution >= 0.6 is 0 Å². The van der Waals surface area contributed by atoms with E-state index in [1.54, 1.807) is 0 Å². The Kier molecular flexibility index (Phi) is 4.57. The van der Waals surface area contributed by atoms with Gasteiger partial charge in [0.2, 0.25) is 0 Å². The van der Waals surface area contributed by atoms with E-state index in [2.05, 4.69) is 19.1 Å². The molecule has 2 aromatic carbocycles. The van der Waals surface area contributed by atoms with Crippen molar-refractivity contribution in [2.24, 2.45) is 0 Å². The maximum atomic E-state index is 11.5. The minimum Gasteiger partial charge on any atom is -0.481 e. The van der Waals surface area contributed by atoms with E-state index in [0.717, 1.165) is 23.1 Å². The van der Waals surface area contributed by atoms with Crippen LogP contribution < -0.4 is 0 Å². The molecule has 0 saturated carbocycles. The van der Waals surface area contributed by atoms with Gasteiger partial charge in [0.05, 0.1) is 5.92 Å². The summed E-state index contributed by atoms with van der Waals surface area (Å²) in [6.07, 6.45) is 1.53. The molecular weight excluding hydrogens is 248 g/mol. The fraction of sp³-hybridized carbons (Fsp3) is 0.278. The maximum absolute atomic E-state index is 11.5. The summed E-state index contributed by atoms with van der Waals surface area (Å²) in [6, 6.07) is 16.0. The van der Waals surface area contributed by atoms with E-state index in [0.29, 0.717) is 6.42 Å². The van der Waals surface area contributed by atoms with Crippen molar-refractivity contribution in [2.75, 3.05) is 0 Å². The third-order valence-corrected chi connectivity index (χ3v) is 3.61. The third-order valence-electron chi connectivity index (χ3n) is 3.61. The summed E-state index contributed by atoms with van der Waals surface area (Å²) < 4.78 is 0. The number of carbonyl (C=O) groups is 1. The van der Waals surface area contributed by atoms with Crippen LogP contribution in [0.5, 0.6) is 0 Å². The van der Waals surface area contributed by atoms with Gasteiger partial charge in [0.15, 0.2) is 0 Å². The topological polar surface area (TPSA) is 37.3 Å². The van der Waals surface area contributed by atoms with Crippen molar-refractivity contribution in [1.82, 2.24) is 0 Å². The van der Waals surface area contributed by atoms with Gasteiger partial charge >= 0.3 is 5.97 Å². The second-order valence-electron chi connectivity index (χ2n) is 5.18. The smallest absolute Gasteiger partial charge is 0.311 e. The van der Waals surface area contributed by atoms with Crippen molar-refractivity contribution >= 4 is 5.97 Å². The average molecular weight is 268 g/mol. The number of benzene rings is 2. The van der Waals surface area contributed by atoms with Gasteiger partial charge in [-0.2, -0.15) is 0 Å². The zero-order valence-corrected chi connectivity index (χ0v) is 12.0. The molecular formula is C18H20O2. The number of aliphatic carboxylic acids is 1. The quantitative estimate of drug-likeness (QED) is 0.891. The molecule has 1 N–H and O–H groups in total. The van der Waals surface area contributed by atoms with Crippen molar-refractivity contribution in [1.29, 1.82) is 0 Å². The molecule has 2 rings (SSSR count). The third kappa shape index (κ3) is 3.47. The first-order valence-electron chi connectivity index (χ1n) is 6.97. The van der Waals surface area contributed by atoms with Gasteiger partial charge in [-0.15, -0.1) is 0 Å². The van der Waals surface area contributed by atoms with Crippen LogP contribution in [0.3, 0.4) is 0 Å². The summed E-state index contributed by atoms with van der Waals surface area (Å²) >= 11 is 0. The highest BCUT2D eigenvalue weighted by atomic mass is 16.4. The van der Waals surface area contributed by atoms with Crippen LogP contribution in [0.4, 0.5) is 0 Å². The summed E-state index contributed by atoms with van der Waals surface area (Å²) in [6.45, 7) is 4.10. The lowest BCUT2D eigenvalue weighted by atomic mass is 9.91. The lowest BCUT2D eigenvalue weighted by Gasteiger charge is -2.14. The molecule has 2 heteroatoms. The van der Waals surface area contributed by atoms with Crippen LogP contribution in [0.15, 0.2) is 48.5 Å². The van der Waals surface area contributed by atoms with Gasteiger partial charge in [0.1, 0.15) is 0 Å². The molecule has 1 atom stereocenters. The van der Waals surface area contributed by atoms with Gasteiger partial charge < -0.3 is 5.11 Å². The molecule has 1 unspecified atom stereocenters. The van der Waals surface area contributed by atoms with Crippen molar-refractivity contribution in [3.05, 3.63) is 70.8 Å². The minimum atomic E-state index is -0.768. The Morgan fingerprint density at radius 2 is 1.75 bits per heavy atom. The highest BCUT2D eigenvalue weighted by molar-refractivity contribution is 5.76. The van der Waals surface area contributed by atoms with E-state index in [-0.39, 0.29) is 0 Å². The number of carboxylic acid groups (broad SMARTS) is 1. The predicted octanol–water partition coefficient (Wildman–Crippen LogP) is 3.97. The van der Waals surface area contributed by atoms with Crippen molar-refractivity contribution in [3.8, 4) is 0 Å². The molecule has 0 aliphatic rings. The molecule has 0 spiro atoms. The van der Waals surface area contributed by atoms with Crippen molar-refractivity contribution < 1.29 is 9.90 Å². The minimum absolute atomic E-state index is 0.484. The molecule has 0 saturated heterocycles. The number of rotatable bonds is 5. The van der Waals surface area contributed by atoms with Gasteiger partial charge in [0.25, 0.3) is 0 Å². The molecule has 2 nitrogen and oxygen atoms in total. The Morgan fingerprint density at radius 1 is 1.10 bits per heavy atom. The molecule has 104 valence electrons. The first-order valence-corrected chi connectivity index (χ1v) is 6.97. The summed E-state index contributed by atoms with van der Waals surface area (Å²) in [5.41, 5.74) is 4.31. The Labute approximate surface area is 120 Å². The number of hydrogen-bond donors (Lipinski definition) is 1. The summed E-state index contributed by atoms with van der Waals surface area (Å²) in [5, 5.41) is 9.48. The highest BCUT2D eigenvalue weighted by Crippen LogP contribution is 2.22. The predicted molar refractivity (Wildman–Crippen MR) is 81.1 cm³/mol. The van der Waals surface area contributed by atoms with Gasteiger partial charge in [-0.25, -0.2) is 0 Å². The average Bonchev–Trinajstić information content (AvgIpc) is 2.45. The van der Waals surface area contributed by atoms with E-state index in [1.165, 1.54) is 5.56 Å². The monoisotopic (exact) mass is 268 g/mol. The van der Waals surface area contributed by atoms with E-state index in [4.69, 9.17) is 0 Å². The molecule has 2 aromatic rings. The Hall–Kier alpha value is -2.09. The first-order chi connectivity index (χ1) is 9.60. The molecule has 0 amide bonds. The largest absolute Gasteiger partial charge is 0.481 e.